The number of nitrogens with two attached hydrogens (primary N) is 1. The number of hydrogen-bond acceptors (Lipinski definition) is 6. The van der Waals surface area contributed by atoms with E-state index in [0.29, 0.717) is 11.6 Å². The summed E-state index contributed by atoms with van der Waals surface area (Å²) in [7, 11) is -3.72. The van der Waals surface area contributed by atoms with Gasteiger partial charge in [0.05, 0.1) is 16.6 Å². The number of anilines is 2. The fourth-order valence-corrected chi connectivity index (χ4v) is 3.12. The fourth-order valence-electron chi connectivity index (χ4n) is 2.60. The number of primary sulfonamides is 1. The van der Waals surface area contributed by atoms with E-state index in [1.165, 1.54) is 12.1 Å². The van der Waals surface area contributed by atoms with Crippen molar-refractivity contribution in [3.8, 4) is 11.1 Å². The van der Waals surface area contributed by atoms with E-state index in [1.54, 1.807) is 30.7 Å². The Kier molecular flexibility index (Phi) is 3.86. The second-order valence-corrected chi connectivity index (χ2v) is 7.18. The lowest BCUT2D eigenvalue weighted by Crippen LogP contribution is -2.11. The number of sulfonamides is 1. The predicted octanol–water partition coefficient (Wildman–Crippen LogP) is 2.41. The van der Waals surface area contributed by atoms with Gasteiger partial charge in [-0.25, -0.2) is 23.5 Å². The average Bonchev–Trinajstić information content (AvgIpc) is 3.15. The van der Waals surface area contributed by atoms with Gasteiger partial charge in [-0.3, -0.25) is 5.10 Å². The summed E-state index contributed by atoms with van der Waals surface area (Å²) >= 11 is 0. The van der Waals surface area contributed by atoms with Crippen LogP contribution in [0.15, 0.2) is 66.0 Å². The molecular weight excluding hydrogens is 352 g/mol. The summed E-state index contributed by atoms with van der Waals surface area (Å²) in [4.78, 5) is 8.94. The number of hydrogen-bond donors (Lipinski definition) is 3. The van der Waals surface area contributed by atoms with Gasteiger partial charge in [0.15, 0.2) is 0 Å². The molecule has 0 amide bonds. The number of aromatic nitrogens is 4. The smallest absolute Gasteiger partial charge is 0.238 e. The number of nitrogens with zero attached hydrogens (tertiary/aromatic N) is 3. The zero-order chi connectivity index (χ0) is 18.1. The Balaban J connectivity index is 1.70. The minimum absolute atomic E-state index is 0.0460. The second-order valence-electron chi connectivity index (χ2n) is 5.62. The Morgan fingerprint density at radius 1 is 1.04 bits per heavy atom. The van der Waals surface area contributed by atoms with Crippen molar-refractivity contribution in [1.29, 1.82) is 0 Å². The van der Waals surface area contributed by atoms with Gasteiger partial charge in [-0.05, 0) is 24.3 Å². The minimum atomic E-state index is -3.72. The first kappa shape index (κ1) is 16.2. The zero-order valence-electron chi connectivity index (χ0n) is 13.4. The monoisotopic (exact) mass is 366 g/mol. The number of para-hydroxylation sites is 1. The summed E-state index contributed by atoms with van der Waals surface area (Å²) < 4.78 is 22.6. The summed E-state index contributed by atoms with van der Waals surface area (Å²) in [5, 5.41) is 15.8. The highest BCUT2D eigenvalue weighted by molar-refractivity contribution is 7.89. The van der Waals surface area contributed by atoms with Crippen LogP contribution in [0.25, 0.3) is 22.0 Å². The van der Waals surface area contributed by atoms with E-state index in [4.69, 9.17) is 5.14 Å². The Bertz CT molecular complexity index is 1170. The van der Waals surface area contributed by atoms with Crippen LogP contribution < -0.4 is 10.5 Å². The molecule has 4 rings (SSSR count). The molecule has 0 atom stereocenters. The van der Waals surface area contributed by atoms with E-state index in [9.17, 15) is 8.42 Å². The van der Waals surface area contributed by atoms with Crippen LogP contribution in [0, 0.1) is 0 Å². The molecule has 0 spiro atoms. The highest BCUT2D eigenvalue weighted by Crippen LogP contribution is 2.27. The van der Waals surface area contributed by atoms with E-state index < -0.39 is 10.0 Å². The SMILES string of the molecule is NS(=O)(=O)c1ccc(Nc2ncc3cccc(-c4cn[nH]c4)c3n2)cc1. The molecule has 0 radical (unpaired) electrons. The second kappa shape index (κ2) is 6.21. The quantitative estimate of drug-likeness (QED) is 0.509. The van der Waals surface area contributed by atoms with Crippen molar-refractivity contribution in [2.24, 2.45) is 5.14 Å². The van der Waals surface area contributed by atoms with Crippen molar-refractivity contribution in [3.05, 3.63) is 61.1 Å². The molecule has 0 bridgehead atoms. The third-order valence-corrected chi connectivity index (χ3v) is 4.79. The lowest BCUT2D eigenvalue weighted by molar-refractivity contribution is 0.598. The number of nitrogens with one attached hydrogen (secondary N) is 2. The van der Waals surface area contributed by atoms with Crippen molar-refractivity contribution < 1.29 is 8.42 Å². The Labute approximate surface area is 149 Å². The normalized spacial score (nSPS) is 11.6. The van der Waals surface area contributed by atoms with Crippen LogP contribution in [0.4, 0.5) is 11.6 Å². The molecular formula is C17H14N6O2S. The summed E-state index contributed by atoms with van der Waals surface area (Å²) in [6, 6.07) is 11.9. The highest BCUT2D eigenvalue weighted by Gasteiger charge is 2.10. The Hall–Kier alpha value is -3.30. The van der Waals surface area contributed by atoms with Crippen molar-refractivity contribution in [2.75, 3.05) is 5.32 Å². The third-order valence-electron chi connectivity index (χ3n) is 3.86. The molecule has 0 aliphatic rings. The van der Waals surface area contributed by atoms with Gasteiger partial charge in [-0.15, -0.1) is 0 Å². The molecule has 0 unspecified atom stereocenters. The topological polar surface area (TPSA) is 127 Å². The van der Waals surface area contributed by atoms with Gasteiger partial charge < -0.3 is 5.32 Å². The molecule has 2 aromatic carbocycles. The Morgan fingerprint density at radius 2 is 1.85 bits per heavy atom. The summed E-state index contributed by atoms with van der Waals surface area (Å²) in [6.07, 6.45) is 5.26. The molecule has 0 aliphatic carbocycles. The van der Waals surface area contributed by atoms with Crippen LogP contribution in [0.2, 0.25) is 0 Å². The molecule has 4 N–H and O–H groups in total. The minimum Gasteiger partial charge on any atom is -0.324 e. The van der Waals surface area contributed by atoms with Gasteiger partial charge in [0.2, 0.25) is 16.0 Å². The maximum atomic E-state index is 11.3. The predicted molar refractivity (Wildman–Crippen MR) is 98.2 cm³/mol. The van der Waals surface area contributed by atoms with Crippen LogP contribution in [-0.4, -0.2) is 28.6 Å². The molecule has 9 heteroatoms. The number of benzene rings is 2. The molecule has 2 aromatic heterocycles. The maximum absolute atomic E-state index is 11.3. The first-order chi connectivity index (χ1) is 12.5. The van der Waals surface area contributed by atoms with E-state index >= 15 is 0 Å². The molecule has 26 heavy (non-hydrogen) atoms. The molecule has 0 fully saturated rings. The number of rotatable bonds is 4. The largest absolute Gasteiger partial charge is 0.324 e. The first-order valence-corrected chi connectivity index (χ1v) is 9.20. The zero-order valence-corrected chi connectivity index (χ0v) is 14.2. The standard InChI is InChI=1S/C17H14N6O2S/c18-26(24,25)14-6-4-13(5-7-14)22-17-19-8-11-2-1-3-15(16(11)23-17)12-9-20-21-10-12/h1-10H,(H,20,21)(H2,18,24,25)(H,19,22,23). The van der Waals surface area contributed by atoms with Gasteiger partial charge in [0, 0.05) is 34.6 Å². The van der Waals surface area contributed by atoms with Crippen LogP contribution in [0.5, 0.6) is 0 Å². The van der Waals surface area contributed by atoms with E-state index in [0.717, 1.165) is 22.0 Å². The molecule has 8 nitrogen and oxygen atoms in total. The molecule has 0 saturated heterocycles. The molecule has 0 saturated carbocycles. The third kappa shape index (κ3) is 3.13. The van der Waals surface area contributed by atoms with Crippen LogP contribution >= 0.6 is 0 Å². The number of H-pyrrole nitrogens is 1. The lowest BCUT2D eigenvalue weighted by atomic mass is 10.1. The summed E-state index contributed by atoms with van der Waals surface area (Å²) in [5.41, 5.74) is 3.30. The van der Waals surface area contributed by atoms with E-state index in [2.05, 4.69) is 25.5 Å². The number of aromatic amines is 1. The lowest BCUT2D eigenvalue weighted by Gasteiger charge is -2.08. The number of fused-ring (bicyclic) bond motifs is 1. The summed E-state index contributed by atoms with van der Waals surface area (Å²) in [6.45, 7) is 0. The maximum Gasteiger partial charge on any atom is 0.238 e. The Morgan fingerprint density at radius 3 is 2.54 bits per heavy atom. The first-order valence-electron chi connectivity index (χ1n) is 7.65. The molecule has 130 valence electrons. The van der Waals surface area contributed by atoms with Gasteiger partial charge in [0.25, 0.3) is 0 Å². The van der Waals surface area contributed by atoms with Crippen molar-refractivity contribution in [1.82, 2.24) is 20.2 Å². The molecule has 4 aromatic rings. The van der Waals surface area contributed by atoms with Gasteiger partial charge >= 0.3 is 0 Å². The van der Waals surface area contributed by atoms with Crippen LogP contribution in [-0.2, 0) is 10.0 Å². The van der Waals surface area contributed by atoms with Crippen molar-refractivity contribution in [2.45, 2.75) is 4.90 Å². The summed E-state index contributed by atoms with van der Waals surface area (Å²) in [5.74, 6) is 0.400. The highest BCUT2D eigenvalue weighted by atomic mass is 32.2. The van der Waals surface area contributed by atoms with Crippen LogP contribution in [0.3, 0.4) is 0 Å². The van der Waals surface area contributed by atoms with E-state index in [-0.39, 0.29) is 4.90 Å². The molecule has 2 heterocycles. The fraction of sp³-hybridized carbons (Fsp3) is 0. The van der Waals surface area contributed by atoms with Gasteiger partial charge in [-0.1, -0.05) is 18.2 Å². The van der Waals surface area contributed by atoms with Crippen molar-refractivity contribution in [3.63, 3.8) is 0 Å². The van der Waals surface area contributed by atoms with Crippen molar-refractivity contribution >= 4 is 32.6 Å². The van der Waals surface area contributed by atoms with Gasteiger partial charge in [-0.2, -0.15) is 5.10 Å². The van der Waals surface area contributed by atoms with Crippen LogP contribution in [0.1, 0.15) is 0 Å². The van der Waals surface area contributed by atoms with E-state index in [1.807, 2.05) is 18.2 Å². The average molecular weight is 366 g/mol. The van der Waals surface area contributed by atoms with Gasteiger partial charge in [0.1, 0.15) is 0 Å². The molecule has 0 aliphatic heterocycles.